The molecule has 5 rings (SSSR count). The molecular weight excluding hydrogens is 416 g/mol. The van der Waals surface area contributed by atoms with E-state index in [0.717, 1.165) is 5.75 Å². The van der Waals surface area contributed by atoms with Gasteiger partial charge in [0.05, 0.1) is 11.7 Å². The Bertz CT molecular complexity index is 1260. The summed E-state index contributed by atoms with van der Waals surface area (Å²) < 4.78 is 5.71. The number of methoxy groups -OCH3 is 1. The van der Waals surface area contributed by atoms with Crippen LogP contribution in [-0.2, 0) is 0 Å². The molecule has 0 aliphatic rings. The first kappa shape index (κ1) is 20.0. The third-order valence-electron chi connectivity index (χ3n) is 5.29. The Kier molecular flexibility index (Phi) is 5.88. The third-order valence-corrected chi connectivity index (χ3v) is 7.90. The molecule has 152 valence electrons. The largest absolute Gasteiger partial charge is 0.497 e. The molecule has 0 heterocycles. The summed E-state index contributed by atoms with van der Waals surface area (Å²) in [4.78, 5) is 2.53. The van der Waals surface area contributed by atoms with Crippen molar-refractivity contribution in [2.75, 3.05) is 7.11 Å². The van der Waals surface area contributed by atoms with Crippen LogP contribution < -0.4 is 4.74 Å². The second-order valence-corrected chi connectivity index (χ2v) is 10.0. The lowest BCUT2D eigenvalue weighted by molar-refractivity contribution is 0.414. The normalized spacial score (nSPS) is 11.3. The number of hydrogen-bond acceptors (Lipinski definition) is 3. The standard InChI is InChI=1S/C28H22OS2/c1-29-25-12-6-11-24(17-25)28(30-26-15-13-20-7-2-4-9-22(20)18-26)31-27-16-14-21-8-3-5-10-23(21)19-27/h2-19,28H,1H3. The van der Waals surface area contributed by atoms with E-state index in [1.54, 1.807) is 7.11 Å². The molecule has 0 N–H and O–H groups in total. The average Bonchev–Trinajstić information content (AvgIpc) is 2.83. The fourth-order valence-corrected chi connectivity index (χ4v) is 6.28. The number of benzene rings is 5. The summed E-state index contributed by atoms with van der Waals surface area (Å²) in [5.74, 6) is 0.890. The number of rotatable bonds is 6. The maximum Gasteiger partial charge on any atom is 0.119 e. The summed E-state index contributed by atoms with van der Waals surface area (Å²) in [6, 6.07) is 38.9. The van der Waals surface area contributed by atoms with Crippen molar-refractivity contribution >= 4 is 45.1 Å². The molecule has 0 aromatic heterocycles. The van der Waals surface area contributed by atoms with Crippen molar-refractivity contribution in [2.24, 2.45) is 0 Å². The van der Waals surface area contributed by atoms with Crippen molar-refractivity contribution < 1.29 is 4.74 Å². The van der Waals surface area contributed by atoms with Gasteiger partial charge in [-0.2, -0.15) is 0 Å². The molecule has 0 fully saturated rings. The zero-order valence-corrected chi connectivity index (χ0v) is 18.8. The van der Waals surface area contributed by atoms with Crippen molar-refractivity contribution in [1.29, 1.82) is 0 Å². The van der Waals surface area contributed by atoms with Crippen LogP contribution in [0.2, 0.25) is 0 Å². The molecule has 5 aromatic rings. The molecule has 3 heteroatoms. The van der Waals surface area contributed by atoms with Gasteiger partial charge < -0.3 is 4.74 Å². The fourth-order valence-electron chi connectivity index (χ4n) is 3.68. The van der Waals surface area contributed by atoms with Gasteiger partial charge >= 0.3 is 0 Å². The minimum Gasteiger partial charge on any atom is -0.497 e. The third kappa shape index (κ3) is 4.58. The Hall–Kier alpha value is -2.88. The minimum atomic E-state index is 0.206. The van der Waals surface area contributed by atoms with Crippen LogP contribution in [-0.4, -0.2) is 7.11 Å². The van der Waals surface area contributed by atoms with E-state index < -0.39 is 0 Å². The predicted octanol–water partition coefficient (Wildman–Crippen LogP) is 8.58. The van der Waals surface area contributed by atoms with Crippen LogP contribution in [0.25, 0.3) is 21.5 Å². The predicted molar refractivity (Wildman–Crippen MR) is 135 cm³/mol. The summed E-state index contributed by atoms with van der Waals surface area (Å²) >= 11 is 3.77. The summed E-state index contributed by atoms with van der Waals surface area (Å²) in [6.45, 7) is 0. The minimum absolute atomic E-state index is 0.206. The first-order valence-electron chi connectivity index (χ1n) is 10.2. The van der Waals surface area contributed by atoms with Crippen LogP contribution in [0.15, 0.2) is 119 Å². The number of ether oxygens (including phenoxy) is 1. The van der Waals surface area contributed by atoms with E-state index in [0.29, 0.717) is 0 Å². The van der Waals surface area contributed by atoms with Gasteiger partial charge in [-0.1, -0.05) is 72.8 Å². The summed E-state index contributed by atoms with van der Waals surface area (Å²) in [6.07, 6.45) is 0. The monoisotopic (exact) mass is 438 g/mol. The zero-order chi connectivity index (χ0) is 21.0. The van der Waals surface area contributed by atoms with Gasteiger partial charge in [-0.15, -0.1) is 23.5 Å². The Balaban J connectivity index is 1.50. The smallest absolute Gasteiger partial charge is 0.119 e. The van der Waals surface area contributed by atoms with Gasteiger partial charge in [0.25, 0.3) is 0 Å². The highest BCUT2D eigenvalue weighted by atomic mass is 32.2. The highest BCUT2D eigenvalue weighted by Gasteiger charge is 2.17. The van der Waals surface area contributed by atoms with Gasteiger partial charge in [0.15, 0.2) is 0 Å². The number of thioether (sulfide) groups is 2. The van der Waals surface area contributed by atoms with Gasteiger partial charge in [-0.3, -0.25) is 0 Å². The number of hydrogen-bond donors (Lipinski definition) is 0. The van der Waals surface area contributed by atoms with E-state index in [4.69, 9.17) is 4.74 Å². The molecule has 0 saturated heterocycles. The van der Waals surface area contributed by atoms with E-state index in [-0.39, 0.29) is 4.58 Å². The van der Waals surface area contributed by atoms with Crippen molar-refractivity contribution in [1.82, 2.24) is 0 Å². The lowest BCUT2D eigenvalue weighted by atomic mass is 10.1. The Morgan fingerprint density at radius 1 is 0.548 bits per heavy atom. The topological polar surface area (TPSA) is 9.23 Å². The highest BCUT2D eigenvalue weighted by Crippen LogP contribution is 2.48. The van der Waals surface area contributed by atoms with E-state index in [1.807, 2.05) is 29.6 Å². The van der Waals surface area contributed by atoms with Crippen molar-refractivity contribution in [2.45, 2.75) is 14.4 Å². The summed E-state index contributed by atoms with van der Waals surface area (Å²) in [5.41, 5.74) is 1.25. The van der Waals surface area contributed by atoms with Crippen molar-refractivity contribution in [3.63, 3.8) is 0 Å². The van der Waals surface area contributed by atoms with E-state index >= 15 is 0 Å². The Labute approximate surface area is 191 Å². The highest BCUT2D eigenvalue weighted by molar-refractivity contribution is 8.16. The molecule has 0 spiro atoms. The molecule has 0 saturated carbocycles. The maximum atomic E-state index is 5.50. The molecule has 0 bridgehead atoms. The molecule has 0 unspecified atom stereocenters. The van der Waals surface area contributed by atoms with Gasteiger partial charge in [0, 0.05) is 9.79 Å². The number of fused-ring (bicyclic) bond motifs is 2. The van der Waals surface area contributed by atoms with Crippen molar-refractivity contribution in [3.8, 4) is 5.75 Å². The van der Waals surface area contributed by atoms with Crippen molar-refractivity contribution in [3.05, 3.63) is 115 Å². The Morgan fingerprint density at radius 3 is 1.65 bits per heavy atom. The zero-order valence-electron chi connectivity index (χ0n) is 17.2. The first-order chi connectivity index (χ1) is 15.3. The van der Waals surface area contributed by atoms with Crippen LogP contribution in [0, 0.1) is 0 Å². The van der Waals surface area contributed by atoms with Gasteiger partial charge in [-0.25, -0.2) is 0 Å². The molecule has 0 atom stereocenters. The maximum absolute atomic E-state index is 5.50. The second-order valence-electron chi connectivity index (χ2n) is 7.36. The van der Waals surface area contributed by atoms with Crippen LogP contribution in [0.5, 0.6) is 5.75 Å². The molecule has 1 nitrogen and oxygen atoms in total. The van der Waals surface area contributed by atoms with E-state index in [2.05, 4.69) is 103 Å². The summed E-state index contributed by atoms with van der Waals surface area (Å²) in [5, 5.41) is 5.08. The first-order valence-corrected chi connectivity index (χ1v) is 12.0. The molecule has 0 amide bonds. The van der Waals surface area contributed by atoms with E-state index in [9.17, 15) is 0 Å². The quantitative estimate of drug-likeness (QED) is 0.194. The second kappa shape index (κ2) is 9.09. The Morgan fingerprint density at radius 2 is 1.10 bits per heavy atom. The summed E-state index contributed by atoms with van der Waals surface area (Å²) in [7, 11) is 1.72. The lowest BCUT2D eigenvalue weighted by Gasteiger charge is -2.18. The van der Waals surface area contributed by atoms with Gasteiger partial charge in [0.2, 0.25) is 0 Å². The molecule has 5 aromatic carbocycles. The average molecular weight is 439 g/mol. The SMILES string of the molecule is COc1cccc(C(Sc2ccc3ccccc3c2)Sc2ccc3ccccc3c2)c1. The molecule has 0 aliphatic carbocycles. The van der Waals surface area contributed by atoms with Crippen LogP contribution in [0.4, 0.5) is 0 Å². The molecular formula is C28H22OS2. The van der Waals surface area contributed by atoms with Gasteiger partial charge in [-0.05, 0) is 63.5 Å². The van der Waals surface area contributed by atoms with Crippen LogP contribution in [0.1, 0.15) is 10.1 Å². The molecule has 0 radical (unpaired) electrons. The molecule has 0 aliphatic heterocycles. The fraction of sp³-hybridized carbons (Fsp3) is 0.0714. The van der Waals surface area contributed by atoms with E-state index in [1.165, 1.54) is 36.9 Å². The lowest BCUT2D eigenvalue weighted by Crippen LogP contribution is -1.92. The van der Waals surface area contributed by atoms with Crippen LogP contribution >= 0.6 is 23.5 Å². The molecule has 31 heavy (non-hydrogen) atoms. The van der Waals surface area contributed by atoms with Crippen LogP contribution in [0.3, 0.4) is 0 Å². The van der Waals surface area contributed by atoms with Gasteiger partial charge in [0.1, 0.15) is 5.75 Å².